The molecule has 0 bridgehead atoms. The van der Waals surface area contributed by atoms with Gasteiger partial charge in [0.2, 0.25) is 0 Å². The quantitative estimate of drug-likeness (QED) is 0.0222. The van der Waals surface area contributed by atoms with Crippen LogP contribution in [0, 0.1) is 23.7 Å². The van der Waals surface area contributed by atoms with E-state index >= 15 is 0 Å². The lowest BCUT2D eigenvalue weighted by atomic mass is 9.99. The van der Waals surface area contributed by atoms with Gasteiger partial charge in [0, 0.05) is 25.7 Å². The second kappa shape index (κ2) is 63.5. The van der Waals surface area contributed by atoms with Crippen LogP contribution in [0.2, 0.25) is 0 Å². The molecule has 0 spiro atoms. The Morgan fingerprint density at radius 3 is 0.763 bits per heavy atom. The Morgan fingerprint density at radius 2 is 0.516 bits per heavy atom. The first-order valence-electron chi connectivity index (χ1n) is 38.2. The summed E-state index contributed by atoms with van der Waals surface area (Å²) >= 11 is 0. The summed E-state index contributed by atoms with van der Waals surface area (Å²) in [7, 11) is -9.91. The van der Waals surface area contributed by atoms with Crippen molar-refractivity contribution in [1.82, 2.24) is 0 Å². The number of phosphoric ester groups is 2. The van der Waals surface area contributed by atoms with Crippen LogP contribution in [-0.4, -0.2) is 96.7 Å². The summed E-state index contributed by atoms with van der Waals surface area (Å²) in [5.74, 6) is 0.912. The van der Waals surface area contributed by atoms with Crippen molar-refractivity contribution in [1.29, 1.82) is 0 Å². The van der Waals surface area contributed by atoms with E-state index in [4.69, 9.17) is 37.0 Å². The molecule has 0 aromatic heterocycles. The Morgan fingerprint density at radius 1 is 0.301 bits per heavy atom. The van der Waals surface area contributed by atoms with Crippen molar-refractivity contribution in [2.24, 2.45) is 23.7 Å². The maximum Gasteiger partial charge on any atom is 0.472 e. The SMILES string of the molecule is CCC(C)CCCCCCCCCCC(=O)OC[C@H](COP(=O)(O)OCC(O)COP(=O)(O)OC[C@@H](COC(=O)CCCCCCCCCC(C)C)OC(=O)CCCCCCCCCCCCC(C)C)OC(=O)CCCCCCCCCCCCCCCCCC(C)C. The number of hydrogen-bond acceptors (Lipinski definition) is 15. The summed E-state index contributed by atoms with van der Waals surface area (Å²) in [4.78, 5) is 72.7. The number of rotatable bonds is 71. The van der Waals surface area contributed by atoms with Gasteiger partial charge in [-0.2, -0.15) is 0 Å². The van der Waals surface area contributed by atoms with Gasteiger partial charge >= 0.3 is 39.5 Å². The molecule has 0 rings (SSSR count). The van der Waals surface area contributed by atoms with E-state index in [-0.39, 0.29) is 25.7 Å². The third kappa shape index (κ3) is 67.0. The number of aliphatic hydroxyl groups excluding tert-OH is 1. The average molecular weight is 1370 g/mol. The third-order valence-electron chi connectivity index (χ3n) is 17.4. The van der Waals surface area contributed by atoms with Crippen molar-refractivity contribution in [2.45, 2.75) is 388 Å². The summed E-state index contributed by atoms with van der Waals surface area (Å²) in [5, 5.41) is 10.6. The summed E-state index contributed by atoms with van der Waals surface area (Å²) in [6.07, 6.45) is 47.2. The lowest BCUT2D eigenvalue weighted by Gasteiger charge is -2.21. The van der Waals surface area contributed by atoms with Gasteiger partial charge in [-0.05, 0) is 49.4 Å². The summed E-state index contributed by atoms with van der Waals surface area (Å²) in [6.45, 7) is 14.1. The molecular formula is C74H144O17P2. The van der Waals surface area contributed by atoms with Crippen LogP contribution >= 0.6 is 15.6 Å². The fourth-order valence-electron chi connectivity index (χ4n) is 11.2. The third-order valence-corrected chi connectivity index (χ3v) is 19.3. The first-order chi connectivity index (χ1) is 44.6. The molecule has 19 heteroatoms. The Bertz CT molecular complexity index is 1840. The first-order valence-corrected chi connectivity index (χ1v) is 41.2. The molecule has 0 saturated carbocycles. The molecule has 0 saturated heterocycles. The Hall–Kier alpha value is -1.94. The predicted octanol–water partition coefficient (Wildman–Crippen LogP) is 21.3. The minimum atomic E-state index is -4.96. The largest absolute Gasteiger partial charge is 0.472 e. The van der Waals surface area contributed by atoms with Crippen LogP contribution in [0.5, 0.6) is 0 Å². The van der Waals surface area contributed by atoms with Gasteiger partial charge in [0.05, 0.1) is 26.4 Å². The van der Waals surface area contributed by atoms with Gasteiger partial charge in [0.25, 0.3) is 0 Å². The van der Waals surface area contributed by atoms with Crippen molar-refractivity contribution < 1.29 is 80.2 Å². The molecule has 4 unspecified atom stereocenters. The minimum Gasteiger partial charge on any atom is -0.462 e. The highest BCUT2D eigenvalue weighted by molar-refractivity contribution is 7.47. The van der Waals surface area contributed by atoms with Gasteiger partial charge in [-0.25, -0.2) is 9.13 Å². The second-order valence-electron chi connectivity index (χ2n) is 28.4. The van der Waals surface area contributed by atoms with Gasteiger partial charge in [-0.1, -0.05) is 319 Å². The van der Waals surface area contributed by atoms with Crippen LogP contribution in [0.3, 0.4) is 0 Å². The standard InChI is InChI=1S/C74H144O17P2/c1-9-67(8)53-45-37-29-23-24-30-38-46-54-71(76)84-60-69(90-73(78)56-48-40-31-21-16-14-12-10-11-13-15-19-26-34-42-50-64(2)3)62-88-92(80,81)86-58-68(75)59-87-93(82,83)89-63-70(61-85-72(77)55-47-39-33-25-28-36-44-52-66(6)7)91-74(79)57-49-41-32-22-18-17-20-27-35-43-51-65(4)5/h64-70,75H,9-63H2,1-8H3,(H,80,81)(H,82,83)/t67?,68?,69-,70-/m1/s1. The number of carbonyl (C=O) groups excluding carboxylic acids is 4. The monoisotopic (exact) mass is 1370 g/mol. The van der Waals surface area contributed by atoms with Gasteiger partial charge in [-0.15, -0.1) is 0 Å². The van der Waals surface area contributed by atoms with E-state index in [9.17, 15) is 43.2 Å². The zero-order valence-electron chi connectivity index (χ0n) is 60.9. The Kier molecular flexibility index (Phi) is 62.2. The molecule has 6 atom stereocenters. The molecule has 0 aromatic carbocycles. The van der Waals surface area contributed by atoms with Crippen molar-refractivity contribution in [3.8, 4) is 0 Å². The smallest absolute Gasteiger partial charge is 0.462 e. The minimum absolute atomic E-state index is 0.105. The molecule has 0 heterocycles. The molecule has 0 fully saturated rings. The van der Waals surface area contributed by atoms with Crippen LogP contribution in [0.25, 0.3) is 0 Å². The Labute approximate surface area is 568 Å². The van der Waals surface area contributed by atoms with Crippen LogP contribution < -0.4 is 0 Å². The van der Waals surface area contributed by atoms with Crippen LogP contribution in [-0.2, 0) is 65.4 Å². The predicted molar refractivity (Wildman–Crippen MR) is 377 cm³/mol. The van der Waals surface area contributed by atoms with Gasteiger partial charge in [0.1, 0.15) is 19.3 Å². The van der Waals surface area contributed by atoms with Crippen LogP contribution in [0.4, 0.5) is 0 Å². The normalized spacial score (nSPS) is 14.5. The molecule has 0 aliphatic rings. The summed E-state index contributed by atoms with van der Waals surface area (Å²) in [5.41, 5.74) is 0. The molecule has 3 N–H and O–H groups in total. The van der Waals surface area contributed by atoms with E-state index < -0.39 is 97.5 Å². The zero-order chi connectivity index (χ0) is 68.9. The van der Waals surface area contributed by atoms with E-state index in [0.29, 0.717) is 31.6 Å². The lowest BCUT2D eigenvalue weighted by Crippen LogP contribution is -2.30. The lowest BCUT2D eigenvalue weighted by molar-refractivity contribution is -0.161. The molecule has 0 aliphatic carbocycles. The highest BCUT2D eigenvalue weighted by Crippen LogP contribution is 2.45. The molecule has 0 aromatic rings. The molecule has 0 amide bonds. The molecule has 0 radical (unpaired) electrons. The maximum absolute atomic E-state index is 13.1. The van der Waals surface area contributed by atoms with Gasteiger partial charge < -0.3 is 33.8 Å². The van der Waals surface area contributed by atoms with E-state index in [1.165, 1.54) is 167 Å². The fourth-order valence-corrected chi connectivity index (χ4v) is 12.7. The number of ether oxygens (including phenoxy) is 4. The highest BCUT2D eigenvalue weighted by Gasteiger charge is 2.30. The summed E-state index contributed by atoms with van der Waals surface area (Å²) in [6, 6.07) is 0. The number of aliphatic hydroxyl groups is 1. The number of phosphoric acid groups is 2. The maximum atomic E-state index is 13.1. The van der Waals surface area contributed by atoms with E-state index in [1.807, 2.05) is 0 Å². The second-order valence-corrected chi connectivity index (χ2v) is 31.3. The first kappa shape index (κ1) is 91.1. The average Bonchev–Trinajstić information content (AvgIpc) is 1.54. The van der Waals surface area contributed by atoms with Crippen molar-refractivity contribution >= 4 is 39.5 Å². The number of hydrogen-bond donors (Lipinski definition) is 3. The molecule has 93 heavy (non-hydrogen) atoms. The highest BCUT2D eigenvalue weighted by atomic mass is 31.2. The molecular weight excluding hydrogens is 1220 g/mol. The van der Waals surface area contributed by atoms with Gasteiger partial charge in [0.15, 0.2) is 12.2 Å². The van der Waals surface area contributed by atoms with E-state index in [1.54, 1.807) is 0 Å². The van der Waals surface area contributed by atoms with E-state index in [2.05, 4.69) is 55.4 Å². The fraction of sp³-hybridized carbons (Fsp3) is 0.946. The van der Waals surface area contributed by atoms with Crippen molar-refractivity contribution in [3.63, 3.8) is 0 Å². The molecule has 0 aliphatic heterocycles. The van der Waals surface area contributed by atoms with Crippen LogP contribution in [0.15, 0.2) is 0 Å². The van der Waals surface area contributed by atoms with Crippen molar-refractivity contribution in [3.05, 3.63) is 0 Å². The summed E-state index contributed by atoms with van der Waals surface area (Å²) < 4.78 is 68.4. The van der Waals surface area contributed by atoms with Gasteiger partial charge in [-0.3, -0.25) is 37.3 Å². The topological polar surface area (TPSA) is 237 Å². The molecule has 552 valence electrons. The van der Waals surface area contributed by atoms with Crippen LogP contribution in [0.1, 0.15) is 370 Å². The molecule has 17 nitrogen and oxygen atoms in total. The number of carbonyl (C=O) groups is 4. The zero-order valence-corrected chi connectivity index (χ0v) is 62.7. The van der Waals surface area contributed by atoms with Crippen molar-refractivity contribution in [2.75, 3.05) is 39.6 Å². The van der Waals surface area contributed by atoms with E-state index in [0.717, 1.165) is 114 Å². The number of esters is 4. The Balaban J connectivity index is 5.24. The number of unbranched alkanes of at least 4 members (excludes halogenated alkanes) is 36.